The van der Waals surface area contributed by atoms with Gasteiger partial charge in [-0.15, -0.1) is 0 Å². The lowest BCUT2D eigenvalue weighted by Gasteiger charge is -2.27. The van der Waals surface area contributed by atoms with Crippen molar-refractivity contribution in [2.45, 2.75) is 12.5 Å². The van der Waals surface area contributed by atoms with Crippen molar-refractivity contribution in [2.24, 2.45) is 0 Å². The number of aliphatic carboxylic acids is 1. The quantitative estimate of drug-likeness (QED) is 0.474. The van der Waals surface area contributed by atoms with Crippen molar-refractivity contribution < 1.29 is 31.5 Å². The van der Waals surface area contributed by atoms with Crippen molar-refractivity contribution in [1.82, 2.24) is 0 Å². The molecule has 1 atom stereocenters. The Bertz CT molecular complexity index is 317. The molecule has 0 fully saturated rings. The average Bonchev–Trinajstić information content (AvgIpc) is 1.73. The molecular formula is C7H16NO6S+. The first-order chi connectivity index (χ1) is 6.49. The molecular weight excluding hydrogens is 226 g/mol. The molecule has 90 valence electrons. The summed E-state index contributed by atoms with van der Waals surface area (Å²) in [5, 5.41) is 8.51. The fraction of sp³-hybridized carbons (Fsp3) is 0.857. The van der Waals surface area contributed by atoms with Crippen LogP contribution in [-0.2, 0) is 19.4 Å². The third-order valence-electron chi connectivity index (χ3n) is 1.41. The Hall–Kier alpha value is -0.700. The summed E-state index contributed by atoms with van der Waals surface area (Å²) in [6.07, 6.45) is -1.55. The Labute approximate surface area is 88.8 Å². The van der Waals surface area contributed by atoms with Crippen LogP contribution >= 0.6 is 0 Å². The second-order valence-corrected chi connectivity index (χ2v) is 5.26. The fourth-order valence-corrected chi connectivity index (χ4v) is 1.58. The van der Waals surface area contributed by atoms with Crippen LogP contribution in [0, 0.1) is 0 Å². The highest BCUT2D eigenvalue weighted by Crippen LogP contribution is 2.07. The van der Waals surface area contributed by atoms with Crippen molar-refractivity contribution in [3.63, 3.8) is 0 Å². The van der Waals surface area contributed by atoms with Crippen molar-refractivity contribution >= 4 is 16.4 Å². The van der Waals surface area contributed by atoms with E-state index in [1.165, 1.54) is 0 Å². The molecule has 8 heteroatoms. The van der Waals surface area contributed by atoms with E-state index in [2.05, 4.69) is 4.18 Å². The first-order valence-electron chi connectivity index (χ1n) is 4.17. The van der Waals surface area contributed by atoms with Crippen LogP contribution in [0.4, 0.5) is 0 Å². The molecule has 0 saturated carbocycles. The lowest BCUT2D eigenvalue weighted by molar-refractivity contribution is -0.873. The number of likely N-dealkylation sites (N-methyl/N-ethyl adjacent to an activating group) is 1. The minimum absolute atomic E-state index is 0.159. The molecule has 0 aliphatic carbocycles. The van der Waals surface area contributed by atoms with E-state index < -0.39 is 28.9 Å². The molecule has 0 radical (unpaired) electrons. The predicted molar refractivity (Wildman–Crippen MR) is 51.6 cm³/mol. The summed E-state index contributed by atoms with van der Waals surface area (Å²) in [6, 6.07) is 0. The second kappa shape index (κ2) is 4.88. The monoisotopic (exact) mass is 242 g/mol. The SMILES string of the molecule is C[N+](C)(C)C[C@@H](CC(=O)O)OS(=O)(=O)O. The van der Waals surface area contributed by atoms with Gasteiger partial charge >= 0.3 is 16.4 Å². The molecule has 0 aliphatic rings. The van der Waals surface area contributed by atoms with Crippen LogP contribution in [0.15, 0.2) is 0 Å². The van der Waals surface area contributed by atoms with Crippen LogP contribution in [0.25, 0.3) is 0 Å². The molecule has 0 aromatic heterocycles. The van der Waals surface area contributed by atoms with Gasteiger partial charge in [-0.1, -0.05) is 0 Å². The van der Waals surface area contributed by atoms with Gasteiger partial charge in [-0.3, -0.25) is 9.35 Å². The molecule has 0 aromatic carbocycles. The van der Waals surface area contributed by atoms with Crippen LogP contribution in [-0.4, -0.2) is 62.3 Å². The number of quaternary nitrogens is 1. The first kappa shape index (κ1) is 14.3. The van der Waals surface area contributed by atoms with E-state index >= 15 is 0 Å². The maximum atomic E-state index is 10.4. The third kappa shape index (κ3) is 9.60. The van der Waals surface area contributed by atoms with Gasteiger partial charge < -0.3 is 9.59 Å². The lowest BCUT2D eigenvalue weighted by atomic mass is 10.2. The second-order valence-electron chi connectivity index (χ2n) is 4.22. The third-order valence-corrected chi connectivity index (χ3v) is 1.93. The molecule has 0 aliphatic heterocycles. The number of hydrogen-bond acceptors (Lipinski definition) is 4. The zero-order valence-corrected chi connectivity index (χ0v) is 9.69. The molecule has 7 nitrogen and oxygen atoms in total. The van der Waals surface area contributed by atoms with Gasteiger partial charge in [0.1, 0.15) is 12.6 Å². The first-order valence-corrected chi connectivity index (χ1v) is 5.54. The fourth-order valence-electron chi connectivity index (χ4n) is 1.11. The Kier molecular flexibility index (Phi) is 4.65. The van der Waals surface area contributed by atoms with Crippen molar-refractivity contribution in [3.05, 3.63) is 0 Å². The summed E-state index contributed by atoms with van der Waals surface area (Å²) in [5.74, 6) is -1.18. The number of carbonyl (C=O) groups is 1. The summed E-state index contributed by atoms with van der Waals surface area (Å²) in [5.41, 5.74) is 0. The van der Waals surface area contributed by atoms with Gasteiger partial charge in [0.05, 0.1) is 27.6 Å². The van der Waals surface area contributed by atoms with Gasteiger partial charge in [-0.2, -0.15) is 8.42 Å². The van der Waals surface area contributed by atoms with Crippen molar-refractivity contribution in [2.75, 3.05) is 27.7 Å². The highest BCUT2D eigenvalue weighted by atomic mass is 32.3. The highest BCUT2D eigenvalue weighted by Gasteiger charge is 2.26. The Morgan fingerprint density at radius 3 is 2.13 bits per heavy atom. The zero-order valence-electron chi connectivity index (χ0n) is 8.87. The van der Waals surface area contributed by atoms with Gasteiger partial charge in [0, 0.05) is 0 Å². The summed E-state index contributed by atoms with van der Waals surface area (Å²) < 4.78 is 33.9. The molecule has 0 amide bonds. The maximum Gasteiger partial charge on any atom is 0.397 e. The largest absolute Gasteiger partial charge is 0.481 e. The van der Waals surface area contributed by atoms with Crippen LogP contribution < -0.4 is 0 Å². The van der Waals surface area contributed by atoms with E-state index in [1.54, 1.807) is 21.1 Å². The molecule has 0 rings (SSSR count). The summed E-state index contributed by atoms with van der Waals surface area (Å²) in [6.45, 7) is 0.159. The van der Waals surface area contributed by atoms with Gasteiger partial charge in [0.2, 0.25) is 0 Å². The van der Waals surface area contributed by atoms with Crippen LogP contribution in [0.3, 0.4) is 0 Å². The molecule has 15 heavy (non-hydrogen) atoms. The van der Waals surface area contributed by atoms with Crippen molar-refractivity contribution in [3.8, 4) is 0 Å². The van der Waals surface area contributed by atoms with E-state index in [0.717, 1.165) is 0 Å². The van der Waals surface area contributed by atoms with E-state index in [4.69, 9.17) is 9.66 Å². The van der Waals surface area contributed by atoms with Gasteiger partial charge in [-0.05, 0) is 0 Å². The minimum atomic E-state index is -4.61. The Morgan fingerprint density at radius 1 is 1.40 bits per heavy atom. The van der Waals surface area contributed by atoms with E-state index in [-0.39, 0.29) is 6.54 Å². The Morgan fingerprint density at radius 2 is 1.87 bits per heavy atom. The molecule has 0 unspecified atom stereocenters. The lowest BCUT2D eigenvalue weighted by Crippen LogP contribution is -2.43. The van der Waals surface area contributed by atoms with Crippen LogP contribution in [0.1, 0.15) is 6.42 Å². The normalized spacial score (nSPS) is 14.9. The highest BCUT2D eigenvalue weighted by molar-refractivity contribution is 7.80. The van der Waals surface area contributed by atoms with E-state index in [0.29, 0.717) is 4.48 Å². The topological polar surface area (TPSA) is 101 Å². The average molecular weight is 242 g/mol. The predicted octanol–water partition coefficient (Wildman–Crippen LogP) is -0.645. The van der Waals surface area contributed by atoms with Crippen LogP contribution in [0.2, 0.25) is 0 Å². The van der Waals surface area contributed by atoms with Crippen LogP contribution in [0.5, 0.6) is 0 Å². The molecule has 2 N–H and O–H groups in total. The number of nitrogens with zero attached hydrogens (tertiary/aromatic N) is 1. The summed E-state index contributed by atoms with van der Waals surface area (Å²) >= 11 is 0. The summed E-state index contributed by atoms with van der Waals surface area (Å²) in [7, 11) is 0.642. The molecule has 0 aromatic rings. The van der Waals surface area contributed by atoms with E-state index in [1.807, 2.05) is 0 Å². The van der Waals surface area contributed by atoms with Gasteiger partial charge in [0.25, 0.3) is 0 Å². The molecule has 0 heterocycles. The van der Waals surface area contributed by atoms with E-state index in [9.17, 15) is 13.2 Å². The standard InChI is InChI=1S/C7H15NO6S/c1-8(2,3)5-6(4-7(9)10)14-15(11,12)13/h6H,4-5H2,1-3H3,(H-,9,10,11,12,13)/p+1/t6-/m1/s1. The van der Waals surface area contributed by atoms with Crippen molar-refractivity contribution in [1.29, 1.82) is 0 Å². The number of hydrogen-bond donors (Lipinski definition) is 2. The molecule has 0 bridgehead atoms. The van der Waals surface area contributed by atoms with Gasteiger partial charge in [-0.25, -0.2) is 4.18 Å². The Balaban J connectivity index is 4.53. The summed E-state index contributed by atoms with van der Waals surface area (Å²) in [4.78, 5) is 10.4. The number of rotatable bonds is 6. The number of carboxylic acids is 1. The van der Waals surface area contributed by atoms with Gasteiger partial charge in [0.15, 0.2) is 0 Å². The zero-order chi connectivity index (χ0) is 12.3. The molecule has 0 spiro atoms. The minimum Gasteiger partial charge on any atom is -0.481 e. The number of carboxylic acid groups (broad SMARTS) is 1. The maximum absolute atomic E-state index is 10.4. The molecule has 0 saturated heterocycles. The smallest absolute Gasteiger partial charge is 0.397 e.